The van der Waals surface area contributed by atoms with Crippen LogP contribution in [0.15, 0.2) is 24.3 Å². The molecule has 5 nitrogen and oxygen atoms in total. The van der Waals surface area contributed by atoms with E-state index in [1.54, 1.807) is 13.8 Å². The minimum atomic E-state index is -4.75. The summed E-state index contributed by atoms with van der Waals surface area (Å²) in [6.07, 6.45) is -4.43. The number of hydrogen-bond donors (Lipinski definition) is 2. The summed E-state index contributed by atoms with van der Waals surface area (Å²) in [5.41, 5.74) is 0.645. The lowest BCUT2D eigenvalue weighted by Crippen LogP contribution is -2.44. The van der Waals surface area contributed by atoms with Gasteiger partial charge in [0.25, 0.3) is 0 Å². The average molecular weight is 333 g/mol. The normalized spacial score (nSPS) is 12.8. The van der Waals surface area contributed by atoms with Crippen LogP contribution in [-0.4, -0.2) is 29.4 Å². The number of carbonyl (C=O) groups excluding carboxylic acids is 1. The van der Waals surface area contributed by atoms with Gasteiger partial charge >= 0.3 is 12.3 Å². The number of carboxylic acids is 1. The summed E-state index contributed by atoms with van der Waals surface area (Å²) in [7, 11) is 0. The number of benzene rings is 1. The number of rotatable bonds is 7. The van der Waals surface area contributed by atoms with Crippen LogP contribution in [0.4, 0.5) is 13.2 Å². The molecule has 1 rings (SSSR count). The summed E-state index contributed by atoms with van der Waals surface area (Å²) >= 11 is 0. The SMILES string of the molecule is CC(C)[C@@H](NC(=O)CCc1ccc(OC(F)(F)F)cc1)C(=O)O. The highest BCUT2D eigenvalue weighted by Crippen LogP contribution is 2.23. The Labute approximate surface area is 131 Å². The van der Waals surface area contributed by atoms with E-state index in [0.29, 0.717) is 5.56 Å². The molecule has 23 heavy (non-hydrogen) atoms. The van der Waals surface area contributed by atoms with Crippen molar-refractivity contribution in [1.82, 2.24) is 5.32 Å². The number of aryl methyl sites for hydroxylation is 1. The second-order valence-electron chi connectivity index (χ2n) is 5.32. The van der Waals surface area contributed by atoms with Crippen LogP contribution in [0.25, 0.3) is 0 Å². The van der Waals surface area contributed by atoms with Crippen molar-refractivity contribution in [3.63, 3.8) is 0 Å². The van der Waals surface area contributed by atoms with Crippen molar-refractivity contribution in [2.45, 2.75) is 39.1 Å². The number of amides is 1. The molecule has 0 bridgehead atoms. The Morgan fingerprint density at radius 1 is 1.22 bits per heavy atom. The van der Waals surface area contributed by atoms with Crippen molar-refractivity contribution in [3.05, 3.63) is 29.8 Å². The van der Waals surface area contributed by atoms with Gasteiger partial charge < -0.3 is 15.2 Å². The molecule has 2 N–H and O–H groups in total. The fourth-order valence-corrected chi connectivity index (χ4v) is 1.87. The smallest absolute Gasteiger partial charge is 0.480 e. The number of nitrogens with one attached hydrogen (secondary N) is 1. The van der Waals surface area contributed by atoms with E-state index in [4.69, 9.17) is 5.11 Å². The molecule has 0 fully saturated rings. The van der Waals surface area contributed by atoms with E-state index in [-0.39, 0.29) is 24.5 Å². The van der Waals surface area contributed by atoms with Gasteiger partial charge in [-0.25, -0.2) is 4.79 Å². The molecule has 0 aliphatic rings. The maximum Gasteiger partial charge on any atom is 0.573 e. The number of alkyl halides is 3. The Morgan fingerprint density at radius 3 is 2.22 bits per heavy atom. The molecular formula is C15H18F3NO4. The van der Waals surface area contributed by atoms with E-state index in [1.165, 1.54) is 12.1 Å². The van der Waals surface area contributed by atoms with Crippen LogP contribution in [0.1, 0.15) is 25.8 Å². The van der Waals surface area contributed by atoms with Crippen molar-refractivity contribution in [2.24, 2.45) is 5.92 Å². The maximum absolute atomic E-state index is 12.0. The predicted octanol–water partition coefficient (Wildman–Crippen LogP) is 2.74. The van der Waals surface area contributed by atoms with Crippen LogP contribution < -0.4 is 10.1 Å². The summed E-state index contributed by atoms with van der Waals surface area (Å²) < 4.78 is 39.8. The fourth-order valence-electron chi connectivity index (χ4n) is 1.87. The molecule has 128 valence electrons. The monoisotopic (exact) mass is 333 g/mol. The van der Waals surface area contributed by atoms with Crippen LogP contribution in [0.3, 0.4) is 0 Å². The quantitative estimate of drug-likeness (QED) is 0.804. The lowest BCUT2D eigenvalue weighted by Gasteiger charge is -2.17. The van der Waals surface area contributed by atoms with Gasteiger partial charge in [-0.05, 0) is 30.0 Å². The molecule has 0 saturated carbocycles. The molecule has 0 heterocycles. The number of carboxylic acid groups (broad SMARTS) is 1. The molecular weight excluding hydrogens is 315 g/mol. The first-order chi connectivity index (χ1) is 10.6. The van der Waals surface area contributed by atoms with Gasteiger partial charge in [0.1, 0.15) is 11.8 Å². The van der Waals surface area contributed by atoms with Crippen molar-refractivity contribution in [3.8, 4) is 5.75 Å². The zero-order valence-corrected chi connectivity index (χ0v) is 12.7. The van der Waals surface area contributed by atoms with Crippen molar-refractivity contribution in [1.29, 1.82) is 0 Å². The Hall–Kier alpha value is -2.25. The Bertz CT molecular complexity index is 541. The molecule has 8 heteroatoms. The third-order valence-electron chi connectivity index (χ3n) is 3.05. The molecule has 1 atom stereocenters. The highest BCUT2D eigenvalue weighted by atomic mass is 19.4. The zero-order valence-electron chi connectivity index (χ0n) is 12.7. The minimum Gasteiger partial charge on any atom is -0.480 e. The number of carbonyl (C=O) groups is 2. The van der Waals surface area contributed by atoms with Gasteiger partial charge in [0.05, 0.1) is 0 Å². The second-order valence-corrected chi connectivity index (χ2v) is 5.32. The summed E-state index contributed by atoms with van der Waals surface area (Å²) in [5.74, 6) is -2.13. The first kappa shape index (κ1) is 18.8. The van der Waals surface area contributed by atoms with E-state index in [1.807, 2.05) is 0 Å². The standard InChI is InChI=1S/C15H18F3NO4/c1-9(2)13(14(21)22)19-12(20)8-5-10-3-6-11(7-4-10)23-15(16,17)18/h3-4,6-7,9,13H,5,8H2,1-2H3,(H,19,20)(H,21,22)/t13-/m1/s1. The fraction of sp³-hybridized carbons (Fsp3) is 0.467. The minimum absolute atomic E-state index is 0.0377. The van der Waals surface area contributed by atoms with Crippen LogP contribution in [0.2, 0.25) is 0 Å². The van der Waals surface area contributed by atoms with Gasteiger partial charge in [-0.15, -0.1) is 13.2 Å². The third kappa shape index (κ3) is 7.03. The second kappa shape index (κ2) is 7.85. The van der Waals surface area contributed by atoms with E-state index in [9.17, 15) is 22.8 Å². The van der Waals surface area contributed by atoms with Gasteiger partial charge in [-0.3, -0.25) is 4.79 Å². The van der Waals surface area contributed by atoms with Crippen molar-refractivity contribution in [2.75, 3.05) is 0 Å². The molecule has 0 aliphatic carbocycles. The van der Waals surface area contributed by atoms with Gasteiger partial charge in [-0.2, -0.15) is 0 Å². The van der Waals surface area contributed by atoms with Gasteiger partial charge in [0.2, 0.25) is 5.91 Å². The summed E-state index contributed by atoms with van der Waals surface area (Å²) in [5, 5.41) is 11.4. The first-order valence-electron chi connectivity index (χ1n) is 6.95. The van der Waals surface area contributed by atoms with Crippen LogP contribution in [0.5, 0.6) is 5.75 Å². The maximum atomic E-state index is 12.0. The molecule has 0 radical (unpaired) electrons. The van der Waals surface area contributed by atoms with E-state index < -0.39 is 24.3 Å². The molecule has 1 aromatic rings. The highest BCUT2D eigenvalue weighted by molar-refractivity contribution is 5.83. The van der Waals surface area contributed by atoms with Crippen LogP contribution in [0, 0.1) is 5.92 Å². The predicted molar refractivity (Wildman–Crippen MR) is 75.9 cm³/mol. The molecule has 0 spiro atoms. The van der Waals surface area contributed by atoms with E-state index >= 15 is 0 Å². The summed E-state index contributed by atoms with van der Waals surface area (Å²) in [6.45, 7) is 3.36. The lowest BCUT2D eigenvalue weighted by molar-refractivity contribution is -0.274. The topological polar surface area (TPSA) is 75.6 Å². The number of halogens is 3. The molecule has 0 aromatic heterocycles. The molecule has 1 aromatic carbocycles. The van der Waals surface area contributed by atoms with Gasteiger partial charge in [-0.1, -0.05) is 26.0 Å². The molecule has 0 aliphatic heterocycles. The Kier molecular flexibility index (Phi) is 6.41. The van der Waals surface area contributed by atoms with Gasteiger partial charge in [0.15, 0.2) is 0 Å². The zero-order chi connectivity index (χ0) is 17.6. The highest BCUT2D eigenvalue weighted by Gasteiger charge is 2.31. The van der Waals surface area contributed by atoms with E-state index in [0.717, 1.165) is 12.1 Å². The molecule has 0 unspecified atom stereocenters. The summed E-state index contributed by atoms with van der Waals surface area (Å²) in [6, 6.07) is 4.20. The molecule has 0 saturated heterocycles. The Morgan fingerprint density at radius 2 is 1.78 bits per heavy atom. The average Bonchev–Trinajstić information content (AvgIpc) is 2.41. The first-order valence-corrected chi connectivity index (χ1v) is 6.95. The van der Waals surface area contributed by atoms with Gasteiger partial charge in [0, 0.05) is 6.42 Å². The van der Waals surface area contributed by atoms with Crippen LogP contribution >= 0.6 is 0 Å². The number of aliphatic carboxylic acids is 1. The van der Waals surface area contributed by atoms with Crippen molar-refractivity contribution >= 4 is 11.9 Å². The molecule has 1 amide bonds. The Balaban J connectivity index is 2.51. The van der Waals surface area contributed by atoms with E-state index in [2.05, 4.69) is 10.1 Å². The summed E-state index contributed by atoms with van der Waals surface area (Å²) in [4.78, 5) is 22.7. The largest absolute Gasteiger partial charge is 0.573 e. The third-order valence-corrected chi connectivity index (χ3v) is 3.05. The van der Waals surface area contributed by atoms with Crippen LogP contribution in [-0.2, 0) is 16.0 Å². The van der Waals surface area contributed by atoms with Crippen molar-refractivity contribution < 1.29 is 32.6 Å². The number of ether oxygens (including phenoxy) is 1. The lowest BCUT2D eigenvalue weighted by atomic mass is 10.0. The number of hydrogen-bond acceptors (Lipinski definition) is 3.